The van der Waals surface area contributed by atoms with Crippen molar-refractivity contribution in [1.82, 2.24) is 10.2 Å². The molecule has 1 saturated heterocycles. The number of benzene rings is 1. The number of halogens is 1. The van der Waals surface area contributed by atoms with E-state index in [0.717, 1.165) is 23.3 Å². The fourth-order valence-corrected chi connectivity index (χ4v) is 5.11. The average Bonchev–Trinajstić information content (AvgIpc) is 3.46. The van der Waals surface area contributed by atoms with Crippen molar-refractivity contribution in [2.24, 2.45) is 5.92 Å². The molecule has 4 rings (SSSR count). The molecule has 1 aliphatic heterocycles. The molecule has 0 spiro atoms. The van der Waals surface area contributed by atoms with Crippen molar-refractivity contribution < 1.29 is 14.0 Å². The first-order chi connectivity index (χ1) is 14.1. The molecule has 7 heteroatoms. The molecular formula is C22H21FN2O2S2. The summed E-state index contributed by atoms with van der Waals surface area (Å²) in [7, 11) is 0. The zero-order chi connectivity index (χ0) is 20.2. The van der Waals surface area contributed by atoms with Crippen LogP contribution in [-0.2, 0) is 4.79 Å². The number of carbonyl (C=O) groups is 2. The van der Waals surface area contributed by atoms with Gasteiger partial charge in [0.1, 0.15) is 5.82 Å². The van der Waals surface area contributed by atoms with E-state index in [1.54, 1.807) is 28.4 Å². The fraction of sp³-hybridized carbons (Fsp3) is 0.273. The normalized spacial score (nSPS) is 17.7. The molecule has 4 nitrogen and oxygen atoms in total. The van der Waals surface area contributed by atoms with E-state index in [2.05, 4.69) is 5.32 Å². The number of nitrogens with zero attached hydrogens (tertiary/aromatic N) is 1. The van der Waals surface area contributed by atoms with Crippen LogP contribution in [0.4, 0.5) is 4.39 Å². The summed E-state index contributed by atoms with van der Waals surface area (Å²) in [6.07, 6.45) is 1.55. The van der Waals surface area contributed by atoms with Crippen molar-refractivity contribution in [1.29, 1.82) is 0 Å². The topological polar surface area (TPSA) is 49.4 Å². The number of piperidine rings is 1. The molecule has 2 aromatic heterocycles. The molecule has 1 aliphatic rings. The molecule has 29 heavy (non-hydrogen) atoms. The van der Waals surface area contributed by atoms with E-state index in [9.17, 15) is 14.0 Å². The number of hydrogen-bond donors (Lipinski definition) is 1. The van der Waals surface area contributed by atoms with Gasteiger partial charge < -0.3 is 10.2 Å². The quantitative estimate of drug-likeness (QED) is 0.640. The van der Waals surface area contributed by atoms with Crippen LogP contribution < -0.4 is 5.32 Å². The summed E-state index contributed by atoms with van der Waals surface area (Å²) in [6, 6.07) is 13.5. The van der Waals surface area contributed by atoms with Gasteiger partial charge in [0.05, 0.1) is 16.8 Å². The van der Waals surface area contributed by atoms with Gasteiger partial charge in [-0.25, -0.2) is 4.39 Å². The van der Waals surface area contributed by atoms with Gasteiger partial charge in [0.2, 0.25) is 5.91 Å². The molecule has 1 aromatic carbocycles. The van der Waals surface area contributed by atoms with Gasteiger partial charge in [-0.1, -0.05) is 24.3 Å². The van der Waals surface area contributed by atoms with Crippen LogP contribution in [0.25, 0.3) is 0 Å². The monoisotopic (exact) mass is 428 g/mol. The molecule has 0 radical (unpaired) electrons. The van der Waals surface area contributed by atoms with Gasteiger partial charge in [-0.3, -0.25) is 9.59 Å². The fourth-order valence-electron chi connectivity index (χ4n) is 3.62. The molecule has 1 N–H and O–H groups in total. The predicted octanol–water partition coefficient (Wildman–Crippen LogP) is 4.71. The molecule has 150 valence electrons. The lowest BCUT2D eigenvalue weighted by atomic mass is 9.95. The Morgan fingerprint density at radius 1 is 1.07 bits per heavy atom. The minimum atomic E-state index is -0.327. The maximum absolute atomic E-state index is 13.4. The van der Waals surface area contributed by atoms with Gasteiger partial charge in [0.15, 0.2) is 0 Å². The maximum atomic E-state index is 13.4. The summed E-state index contributed by atoms with van der Waals surface area (Å²) in [6.45, 7) is 1.09. The van der Waals surface area contributed by atoms with Crippen LogP contribution in [-0.4, -0.2) is 29.8 Å². The van der Waals surface area contributed by atoms with Crippen LogP contribution in [0, 0.1) is 11.7 Å². The molecule has 0 saturated carbocycles. The van der Waals surface area contributed by atoms with Crippen molar-refractivity contribution in [3.8, 4) is 0 Å². The Morgan fingerprint density at radius 3 is 2.52 bits per heavy atom. The van der Waals surface area contributed by atoms with Crippen molar-refractivity contribution in [2.45, 2.75) is 18.9 Å². The van der Waals surface area contributed by atoms with Gasteiger partial charge in [-0.05, 0) is 53.4 Å². The van der Waals surface area contributed by atoms with Crippen molar-refractivity contribution >= 4 is 34.5 Å². The Morgan fingerprint density at radius 2 is 1.83 bits per heavy atom. The molecule has 3 aromatic rings. The first kappa shape index (κ1) is 19.8. The molecule has 3 heterocycles. The SMILES string of the molecule is O=C(N[C@H](c1ccc(F)cc1)c1cccs1)[C@@H]1CCCN(C(=O)c2cccs2)C1. The summed E-state index contributed by atoms with van der Waals surface area (Å²) in [5.74, 6) is -0.641. The summed E-state index contributed by atoms with van der Waals surface area (Å²) < 4.78 is 13.4. The highest BCUT2D eigenvalue weighted by Gasteiger charge is 2.31. The first-order valence-corrected chi connectivity index (χ1v) is 11.3. The highest BCUT2D eigenvalue weighted by atomic mass is 32.1. The van der Waals surface area contributed by atoms with Gasteiger partial charge in [-0.15, -0.1) is 22.7 Å². The maximum Gasteiger partial charge on any atom is 0.263 e. The highest BCUT2D eigenvalue weighted by Crippen LogP contribution is 2.28. The minimum Gasteiger partial charge on any atom is -0.344 e. The summed E-state index contributed by atoms with van der Waals surface area (Å²) in [5.41, 5.74) is 0.838. The summed E-state index contributed by atoms with van der Waals surface area (Å²) in [5, 5.41) is 6.98. The third kappa shape index (κ3) is 4.57. The zero-order valence-electron chi connectivity index (χ0n) is 15.7. The van der Waals surface area contributed by atoms with Crippen molar-refractivity contribution in [3.05, 3.63) is 80.4 Å². The number of nitrogens with one attached hydrogen (secondary N) is 1. The van der Waals surface area contributed by atoms with E-state index >= 15 is 0 Å². The zero-order valence-corrected chi connectivity index (χ0v) is 17.3. The predicted molar refractivity (Wildman–Crippen MR) is 114 cm³/mol. The molecular weight excluding hydrogens is 407 g/mol. The Balaban J connectivity index is 1.48. The first-order valence-electron chi connectivity index (χ1n) is 9.54. The van der Waals surface area contributed by atoms with Crippen molar-refractivity contribution in [3.63, 3.8) is 0 Å². The van der Waals surface area contributed by atoms with Gasteiger partial charge in [0, 0.05) is 18.0 Å². The Hall–Kier alpha value is -2.51. The van der Waals surface area contributed by atoms with Crippen LogP contribution >= 0.6 is 22.7 Å². The van der Waals surface area contributed by atoms with Crippen LogP contribution in [0.5, 0.6) is 0 Å². The van der Waals surface area contributed by atoms with Gasteiger partial charge in [0.25, 0.3) is 5.91 Å². The lowest BCUT2D eigenvalue weighted by Gasteiger charge is -2.32. The molecule has 2 atom stereocenters. The van der Waals surface area contributed by atoms with E-state index in [-0.39, 0.29) is 29.6 Å². The van der Waals surface area contributed by atoms with E-state index < -0.39 is 0 Å². The second-order valence-corrected chi connectivity index (χ2v) is 9.00. The van der Waals surface area contributed by atoms with E-state index in [1.807, 2.05) is 35.0 Å². The van der Waals surface area contributed by atoms with Gasteiger partial charge >= 0.3 is 0 Å². The van der Waals surface area contributed by atoms with Crippen LogP contribution in [0.1, 0.15) is 39.0 Å². The smallest absolute Gasteiger partial charge is 0.263 e. The Labute approximate surface area is 177 Å². The second-order valence-electron chi connectivity index (χ2n) is 7.08. The Bertz CT molecular complexity index is 955. The second kappa shape index (κ2) is 8.88. The van der Waals surface area contributed by atoms with Crippen LogP contribution in [0.3, 0.4) is 0 Å². The van der Waals surface area contributed by atoms with Crippen molar-refractivity contribution in [2.75, 3.05) is 13.1 Å². The molecule has 0 unspecified atom stereocenters. The highest BCUT2D eigenvalue weighted by molar-refractivity contribution is 7.12. The summed E-state index contributed by atoms with van der Waals surface area (Å²) in [4.78, 5) is 29.2. The number of hydrogen-bond acceptors (Lipinski definition) is 4. The lowest BCUT2D eigenvalue weighted by Crippen LogP contribution is -2.46. The van der Waals surface area contributed by atoms with E-state index in [4.69, 9.17) is 0 Å². The van der Waals surface area contributed by atoms with E-state index in [0.29, 0.717) is 18.0 Å². The average molecular weight is 429 g/mol. The van der Waals surface area contributed by atoms with Gasteiger partial charge in [-0.2, -0.15) is 0 Å². The number of rotatable bonds is 5. The third-order valence-corrected chi connectivity index (χ3v) is 6.92. The number of carbonyl (C=O) groups excluding carboxylic acids is 2. The lowest BCUT2D eigenvalue weighted by molar-refractivity contribution is -0.126. The van der Waals surface area contributed by atoms with E-state index in [1.165, 1.54) is 23.5 Å². The number of likely N-dealkylation sites (tertiary alicyclic amines) is 1. The molecule has 0 aliphatic carbocycles. The molecule has 2 amide bonds. The number of thiophene rings is 2. The largest absolute Gasteiger partial charge is 0.344 e. The molecule has 0 bridgehead atoms. The standard InChI is InChI=1S/C22H21FN2O2S2/c23-17-9-7-15(8-10-17)20(18-5-2-12-28-18)24-21(26)16-4-1-11-25(14-16)22(27)19-6-3-13-29-19/h2-3,5-10,12-13,16,20H,1,4,11,14H2,(H,24,26)/t16-,20-/m1/s1. The minimum absolute atomic E-state index is 0.00848. The third-order valence-electron chi connectivity index (χ3n) is 5.13. The van der Waals surface area contributed by atoms with Crippen LogP contribution in [0.15, 0.2) is 59.3 Å². The Kier molecular flexibility index (Phi) is 6.06. The van der Waals surface area contributed by atoms with Crippen LogP contribution in [0.2, 0.25) is 0 Å². The number of amides is 2. The molecule has 1 fully saturated rings. The summed E-state index contributed by atoms with van der Waals surface area (Å²) >= 11 is 2.97.